The number of hydrogen-bond donors (Lipinski definition) is 0. The van der Waals surface area contributed by atoms with Crippen molar-refractivity contribution in [3.05, 3.63) is 35.9 Å². The van der Waals surface area contributed by atoms with Crippen molar-refractivity contribution in [2.75, 3.05) is 5.75 Å². The van der Waals surface area contributed by atoms with Crippen LogP contribution in [0.1, 0.15) is 31.2 Å². The maximum absolute atomic E-state index is 5.44. The summed E-state index contributed by atoms with van der Waals surface area (Å²) in [4.78, 5) is 0. The van der Waals surface area contributed by atoms with Gasteiger partial charge in [0.15, 0.2) is 0 Å². The topological polar surface area (TPSA) is 0 Å². The lowest BCUT2D eigenvalue weighted by Crippen LogP contribution is -1.84. The van der Waals surface area contributed by atoms with Gasteiger partial charge in [0.25, 0.3) is 0 Å². The zero-order valence-electron chi connectivity index (χ0n) is 9.32. The van der Waals surface area contributed by atoms with E-state index in [2.05, 4.69) is 30.3 Å². The molecule has 0 unspecified atom stereocenters. The molecule has 80 valence electrons. The summed E-state index contributed by atoms with van der Waals surface area (Å²) >= 11 is 2.03. The van der Waals surface area contributed by atoms with E-state index in [9.17, 15) is 0 Å². The van der Waals surface area contributed by atoms with Crippen molar-refractivity contribution in [2.24, 2.45) is 0 Å². The van der Waals surface area contributed by atoms with Gasteiger partial charge in [0.2, 0.25) is 0 Å². The fraction of sp³-hybridized carbons (Fsp3) is 0.538. The standard InChI is InChI=1S/C13H19BS/c14-10-6-1-2-7-11-15-12-13-8-4-3-5-9-13/h3-5,8-9H,1-2,6-7,10-12H2. The number of rotatable bonds is 8. The van der Waals surface area contributed by atoms with Crippen LogP contribution in [-0.2, 0) is 5.75 Å². The van der Waals surface area contributed by atoms with Crippen LogP contribution < -0.4 is 0 Å². The van der Waals surface area contributed by atoms with Gasteiger partial charge < -0.3 is 0 Å². The van der Waals surface area contributed by atoms with Crippen molar-refractivity contribution in [1.82, 2.24) is 0 Å². The van der Waals surface area contributed by atoms with Gasteiger partial charge in [0.05, 0.1) is 7.85 Å². The molecule has 0 aliphatic carbocycles. The van der Waals surface area contributed by atoms with Crippen LogP contribution in [0.25, 0.3) is 0 Å². The molecule has 0 aromatic heterocycles. The Kier molecular flexibility index (Phi) is 7.54. The molecule has 0 aliphatic rings. The monoisotopic (exact) mass is 218 g/mol. The second-order valence-electron chi connectivity index (χ2n) is 3.74. The molecule has 0 bridgehead atoms. The summed E-state index contributed by atoms with van der Waals surface area (Å²) < 4.78 is 0. The first-order chi connectivity index (χ1) is 7.43. The van der Waals surface area contributed by atoms with Crippen LogP contribution in [0.15, 0.2) is 30.3 Å². The molecule has 0 saturated carbocycles. The van der Waals surface area contributed by atoms with Gasteiger partial charge in [-0.1, -0.05) is 55.9 Å². The third kappa shape index (κ3) is 6.67. The Morgan fingerprint density at radius 1 is 0.933 bits per heavy atom. The minimum Gasteiger partial charge on any atom is -0.157 e. The minimum absolute atomic E-state index is 0.844. The molecule has 0 heterocycles. The maximum Gasteiger partial charge on any atom is 0.0653 e. The second-order valence-corrected chi connectivity index (χ2v) is 4.85. The molecule has 0 atom stereocenters. The molecular weight excluding hydrogens is 199 g/mol. The van der Waals surface area contributed by atoms with Crippen molar-refractivity contribution in [1.29, 1.82) is 0 Å². The largest absolute Gasteiger partial charge is 0.157 e. The van der Waals surface area contributed by atoms with E-state index >= 15 is 0 Å². The SMILES string of the molecule is [B]CCCCCCSCc1ccccc1. The van der Waals surface area contributed by atoms with Gasteiger partial charge in [0, 0.05) is 5.75 Å². The zero-order valence-corrected chi connectivity index (χ0v) is 10.1. The van der Waals surface area contributed by atoms with E-state index in [1.54, 1.807) is 0 Å². The highest BCUT2D eigenvalue weighted by Gasteiger charge is 1.93. The van der Waals surface area contributed by atoms with E-state index < -0.39 is 0 Å². The Balaban J connectivity index is 1.93. The van der Waals surface area contributed by atoms with Gasteiger partial charge in [-0.05, 0) is 17.7 Å². The van der Waals surface area contributed by atoms with Gasteiger partial charge in [-0.3, -0.25) is 0 Å². The minimum atomic E-state index is 0.844. The Hall–Kier alpha value is -0.365. The lowest BCUT2D eigenvalue weighted by atomic mass is 9.99. The average Bonchev–Trinajstić information content (AvgIpc) is 2.29. The lowest BCUT2D eigenvalue weighted by Gasteiger charge is -2.01. The fourth-order valence-corrected chi connectivity index (χ4v) is 2.45. The molecule has 1 aromatic carbocycles. The Bertz CT molecular complexity index is 236. The van der Waals surface area contributed by atoms with Crippen LogP contribution in [-0.4, -0.2) is 13.6 Å². The van der Waals surface area contributed by atoms with Gasteiger partial charge in [-0.15, -0.1) is 0 Å². The first-order valence-electron chi connectivity index (χ1n) is 5.75. The number of benzene rings is 1. The smallest absolute Gasteiger partial charge is 0.0653 e. The Labute approximate surface area is 99.3 Å². The number of hydrogen-bond acceptors (Lipinski definition) is 1. The van der Waals surface area contributed by atoms with Gasteiger partial charge in [-0.25, -0.2) is 0 Å². The van der Waals surface area contributed by atoms with Crippen molar-refractivity contribution in [3.63, 3.8) is 0 Å². The summed E-state index contributed by atoms with van der Waals surface area (Å²) in [7, 11) is 5.44. The van der Waals surface area contributed by atoms with Crippen molar-refractivity contribution < 1.29 is 0 Å². The zero-order chi connectivity index (χ0) is 10.8. The normalized spacial score (nSPS) is 10.4. The molecule has 0 spiro atoms. The molecule has 2 radical (unpaired) electrons. The molecule has 0 N–H and O–H groups in total. The molecule has 0 amide bonds. The molecular formula is C13H19BS. The maximum atomic E-state index is 5.44. The van der Waals surface area contributed by atoms with Crippen molar-refractivity contribution >= 4 is 19.6 Å². The molecule has 0 saturated heterocycles. The van der Waals surface area contributed by atoms with Crippen LogP contribution in [0.5, 0.6) is 0 Å². The first kappa shape index (κ1) is 12.7. The van der Waals surface area contributed by atoms with E-state index in [1.807, 2.05) is 11.8 Å². The summed E-state index contributed by atoms with van der Waals surface area (Å²) in [5, 5.41) is 0. The number of thioether (sulfide) groups is 1. The van der Waals surface area contributed by atoms with E-state index in [0.29, 0.717) is 0 Å². The van der Waals surface area contributed by atoms with Gasteiger partial charge in [-0.2, -0.15) is 11.8 Å². The predicted molar refractivity (Wildman–Crippen MR) is 71.6 cm³/mol. The summed E-state index contributed by atoms with van der Waals surface area (Å²) in [5.74, 6) is 2.43. The molecule has 0 aliphatic heterocycles. The molecule has 2 heteroatoms. The van der Waals surface area contributed by atoms with Crippen LogP contribution in [0, 0.1) is 0 Å². The summed E-state index contributed by atoms with van der Waals surface area (Å²) in [6.45, 7) is 0. The van der Waals surface area contributed by atoms with Crippen molar-refractivity contribution in [3.8, 4) is 0 Å². The second kappa shape index (κ2) is 8.90. The summed E-state index contributed by atoms with van der Waals surface area (Å²) in [5.41, 5.74) is 1.43. The molecule has 0 fully saturated rings. The highest BCUT2D eigenvalue weighted by atomic mass is 32.2. The van der Waals surface area contributed by atoms with Crippen LogP contribution in [0.4, 0.5) is 0 Å². The van der Waals surface area contributed by atoms with Crippen LogP contribution >= 0.6 is 11.8 Å². The predicted octanol–water partition coefficient (Wildman–Crippen LogP) is 4.07. The molecule has 1 aromatic rings. The summed E-state index contributed by atoms with van der Waals surface area (Å²) in [6, 6.07) is 10.7. The van der Waals surface area contributed by atoms with Gasteiger partial charge in [0.1, 0.15) is 0 Å². The molecule has 0 nitrogen and oxygen atoms in total. The number of unbranched alkanes of at least 4 members (excludes halogenated alkanes) is 3. The summed E-state index contributed by atoms with van der Waals surface area (Å²) in [6.07, 6.45) is 5.99. The third-order valence-corrected chi connectivity index (χ3v) is 3.47. The molecule has 1 rings (SSSR count). The van der Waals surface area contributed by atoms with E-state index in [-0.39, 0.29) is 0 Å². The quantitative estimate of drug-likeness (QED) is 0.468. The van der Waals surface area contributed by atoms with E-state index in [4.69, 9.17) is 7.85 Å². The third-order valence-electron chi connectivity index (χ3n) is 2.35. The van der Waals surface area contributed by atoms with E-state index in [0.717, 1.165) is 12.1 Å². The highest BCUT2D eigenvalue weighted by molar-refractivity contribution is 7.98. The Morgan fingerprint density at radius 3 is 2.40 bits per heavy atom. The Morgan fingerprint density at radius 2 is 1.67 bits per heavy atom. The van der Waals surface area contributed by atoms with Crippen molar-refractivity contribution in [2.45, 2.75) is 37.8 Å². The first-order valence-corrected chi connectivity index (χ1v) is 6.90. The fourth-order valence-electron chi connectivity index (χ4n) is 1.47. The van der Waals surface area contributed by atoms with Crippen LogP contribution in [0.3, 0.4) is 0 Å². The van der Waals surface area contributed by atoms with Crippen LogP contribution in [0.2, 0.25) is 6.32 Å². The van der Waals surface area contributed by atoms with E-state index in [1.165, 1.54) is 37.0 Å². The van der Waals surface area contributed by atoms with Gasteiger partial charge >= 0.3 is 0 Å². The molecule has 15 heavy (non-hydrogen) atoms. The lowest BCUT2D eigenvalue weighted by molar-refractivity contribution is 0.706. The highest BCUT2D eigenvalue weighted by Crippen LogP contribution is 2.14. The average molecular weight is 218 g/mol.